The van der Waals surface area contributed by atoms with Crippen molar-refractivity contribution < 1.29 is 31.1 Å². The van der Waals surface area contributed by atoms with E-state index in [1.165, 1.54) is 24.3 Å². The van der Waals surface area contributed by atoms with Crippen molar-refractivity contribution in [1.82, 2.24) is 20.2 Å². The summed E-state index contributed by atoms with van der Waals surface area (Å²) < 4.78 is 65.4. The number of nitrogens with zero attached hydrogens (tertiary/aromatic N) is 3. The topological polar surface area (TPSA) is 107 Å². The number of carbonyl (C=O) groups excluding carboxylic acids is 1. The molecule has 2 aromatic heterocycles. The minimum Gasteiger partial charge on any atom is -0.456 e. The smallest absolute Gasteiger partial charge is 0.286 e. The normalized spacial score (nSPS) is 14.8. The van der Waals surface area contributed by atoms with Gasteiger partial charge < -0.3 is 9.15 Å². The fraction of sp³-hybridized carbons (Fsp3) is 0.280. The first-order valence-electron chi connectivity index (χ1n) is 11.5. The number of hydrazine groups is 1. The molecule has 0 unspecified atom stereocenters. The van der Waals surface area contributed by atoms with Crippen molar-refractivity contribution in [1.29, 1.82) is 0 Å². The Morgan fingerprint density at radius 3 is 2.57 bits per heavy atom. The molecule has 5 rings (SSSR count). The molecule has 12 heteroatoms. The number of aryl methyl sites for hydroxylation is 1. The number of sulfone groups is 1. The fourth-order valence-electron chi connectivity index (χ4n) is 4.17. The molecule has 1 fully saturated rings. The van der Waals surface area contributed by atoms with Crippen LogP contribution in [-0.4, -0.2) is 61.7 Å². The van der Waals surface area contributed by atoms with Gasteiger partial charge in [0.05, 0.1) is 30.2 Å². The van der Waals surface area contributed by atoms with Crippen LogP contribution in [0.2, 0.25) is 0 Å². The molecule has 0 saturated carbocycles. The SMILES string of the molecule is Cc1cc(C(=O)NN2CCOCC2)nn1Cc1cc(S(C)(=O)=O)cc2cc(-c3ccc(F)cc3F)oc12. The van der Waals surface area contributed by atoms with E-state index < -0.39 is 21.5 Å². The van der Waals surface area contributed by atoms with Crippen LogP contribution in [0.5, 0.6) is 0 Å². The summed E-state index contributed by atoms with van der Waals surface area (Å²) in [5, 5.41) is 6.61. The monoisotopic (exact) mass is 530 g/mol. The summed E-state index contributed by atoms with van der Waals surface area (Å²) in [6, 6.07) is 9.19. The molecule has 1 saturated heterocycles. The Balaban J connectivity index is 1.51. The fourth-order valence-corrected chi connectivity index (χ4v) is 4.86. The van der Waals surface area contributed by atoms with Crippen molar-refractivity contribution in [2.45, 2.75) is 18.4 Å². The number of amides is 1. The van der Waals surface area contributed by atoms with Gasteiger partial charge in [0.2, 0.25) is 0 Å². The van der Waals surface area contributed by atoms with Crippen LogP contribution >= 0.6 is 0 Å². The molecule has 1 aliphatic rings. The van der Waals surface area contributed by atoms with Crippen molar-refractivity contribution in [2.75, 3.05) is 32.6 Å². The second-order valence-electron chi connectivity index (χ2n) is 8.88. The first-order chi connectivity index (χ1) is 17.6. The van der Waals surface area contributed by atoms with E-state index >= 15 is 0 Å². The number of carbonyl (C=O) groups is 1. The third-order valence-corrected chi connectivity index (χ3v) is 7.19. The molecular formula is C25H24F2N4O5S. The maximum atomic E-state index is 14.4. The number of hydrogen-bond acceptors (Lipinski definition) is 7. The van der Waals surface area contributed by atoms with E-state index in [1.807, 2.05) is 0 Å². The Morgan fingerprint density at radius 1 is 1.11 bits per heavy atom. The van der Waals surface area contributed by atoms with Crippen LogP contribution in [0.1, 0.15) is 21.7 Å². The predicted octanol–water partition coefficient (Wildman–Crippen LogP) is 3.31. The van der Waals surface area contributed by atoms with Gasteiger partial charge in [-0.25, -0.2) is 22.2 Å². The highest BCUT2D eigenvalue weighted by Crippen LogP contribution is 2.34. The summed E-state index contributed by atoms with van der Waals surface area (Å²) in [5.41, 5.74) is 4.52. The van der Waals surface area contributed by atoms with Gasteiger partial charge in [0, 0.05) is 42.1 Å². The van der Waals surface area contributed by atoms with Crippen LogP contribution in [0, 0.1) is 18.6 Å². The number of halogens is 2. The average molecular weight is 531 g/mol. The molecule has 2 aromatic carbocycles. The molecule has 1 amide bonds. The number of fused-ring (bicyclic) bond motifs is 1. The standard InChI is InChI=1S/C25H24F2N4O5S/c1-15-9-22(25(32)29-30-5-7-35-8-6-30)28-31(15)14-17-11-19(37(2,33)34)10-16-12-23(36-24(16)17)20-4-3-18(26)13-21(20)27/h3-4,9-13H,5-8,14H2,1-2H3,(H,29,32). The van der Waals surface area contributed by atoms with E-state index in [2.05, 4.69) is 10.5 Å². The number of furan rings is 1. The molecule has 0 atom stereocenters. The summed E-state index contributed by atoms with van der Waals surface area (Å²) in [7, 11) is -3.59. The van der Waals surface area contributed by atoms with Crippen molar-refractivity contribution in [3.63, 3.8) is 0 Å². The highest BCUT2D eigenvalue weighted by Gasteiger charge is 2.21. The van der Waals surface area contributed by atoms with Crippen LogP contribution in [0.3, 0.4) is 0 Å². The van der Waals surface area contributed by atoms with E-state index in [9.17, 15) is 22.0 Å². The Kier molecular flexibility index (Phi) is 6.56. The number of nitrogens with one attached hydrogen (secondary N) is 1. The lowest BCUT2D eigenvalue weighted by molar-refractivity contribution is 0.0124. The van der Waals surface area contributed by atoms with Crippen molar-refractivity contribution in [3.8, 4) is 11.3 Å². The van der Waals surface area contributed by atoms with Gasteiger partial charge in [0.25, 0.3) is 5.91 Å². The van der Waals surface area contributed by atoms with Crippen LogP contribution < -0.4 is 5.43 Å². The van der Waals surface area contributed by atoms with Crippen molar-refractivity contribution in [3.05, 3.63) is 71.1 Å². The van der Waals surface area contributed by atoms with Gasteiger partial charge in [-0.2, -0.15) is 5.10 Å². The highest BCUT2D eigenvalue weighted by molar-refractivity contribution is 7.90. The van der Waals surface area contributed by atoms with Crippen molar-refractivity contribution >= 4 is 26.7 Å². The Hall–Kier alpha value is -3.61. The zero-order chi connectivity index (χ0) is 26.3. The summed E-state index contributed by atoms with van der Waals surface area (Å²) in [5.74, 6) is -1.77. The molecule has 9 nitrogen and oxygen atoms in total. The molecule has 3 heterocycles. The maximum absolute atomic E-state index is 14.4. The first kappa shape index (κ1) is 25.1. The van der Waals surface area contributed by atoms with E-state index in [0.29, 0.717) is 48.5 Å². The number of morpholine rings is 1. The Morgan fingerprint density at radius 2 is 1.86 bits per heavy atom. The van der Waals surface area contributed by atoms with Crippen LogP contribution in [0.25, 0.3) is 22.3 Å². The molecule has 1 N–H and O–H groups in total. The predicted molar refractivity (Wildman–Crippen MR) is 131 cm³/mol. The second-order valence-corrected chi connectivity index (χ2v) is 10.9. The Bertz CT molecular complexity index is 1610. The molecule has 1 aliphatic heterocycles. The summed E-state index contributed by atoms with van der Waals surface area (Å²) in [6.45, 7) is 4.04. The lowest BCUT2D eigenvalue weighted by Gasteiger charge is -2.26. The van der Waals surface area contributed by atoms with Crippen LogP contribution in [0.15, 0.2) is 51.8 Å². The van der Waals surface area contributed by atoms with Gasteiger partial charge in [-0.05, 0) is 43.3 Å². The van der Waals surface area contributed by atoms with Crippen LogP contribution in [0.4, 0.5) is 8.78 Å². The first-order valence-corrected chi connectivity index (χ1v) is 13.4. The molecule has 0 aliphatic carbocycles. The Labute approximate surface area is 211 Å². The molecule has 37 heavy (non-hydrogen) atoms. The second kappa shape index (κ2) is 9.69. The lowest BCUT2D eigenvalue weighted by atomic mass is 10.1. The van der Waals surface area contributed by atoms with E-state index in [-0.39, 0.29) is 34.4 Å². The summed E-state index contributed by atoms with van der Waals surface area (Å²) in [4.78, 5) is 12.8. The minimum absolute atomic E-state index is 0.0433. The third-order valence-electron chi connectivity index (χ3n) is 6.10. The lowest BCUT2D eigenvalue weighted by Crippen LogP contribution is -2.48. The quantitative estimate of drug-likeness (QED) is 0.408. The summed E-state index contributed by atoms with van der Waals surface area (Å²) in [6.07, 6.45) is 1.09. The molecular weight excluding hydrogens is 506 g/mol. The molecule has 0 radical (unpaired) electrons. The molecule has 0 bridgehead atoms. The highest BCUT2D eigenvalue weighted by atomic mass is 32.2. The van der Waals surface area contributed by atoms with Gasteiger partial charge in [-0.3, -0.25) is 14.9 Å². The van der Waals surface area contributed by atoms with Crippen LogP contribution in [-0.2, 0) is 21.1 Å². The molecule has 4 aromatic rings. The average Bonchev–Trinajstić information content (AvgIpc) is 3.43. The zero-order valence-corrected chi connectivity index (χ0v) is 20.9. The number of rotatable bonds is 6. The van der Waals surface area contributed by atoms with E-state index in [0.717, 1.165) is 18.4 Å². The number of hydrogen-bond donors (Lipinski definition) is 1. The van der Waals surface area contributed by atoms with Gasteiger partial charge in [-0.15, -0.1) is 0 Å². The molecule has 0 spiro atoms. The summed E-state index contributed by atoms with van der Waals surface area (Å²) >= 11 is 0. The van der Waals surface area contributed by atoms with Gasteiger partial charge in [-0.1, -0.05) is 0 Å². The molecule has 194 valence electrons. The maximum Gasteiger partial charge on any atom is 0.286 e. The van der Waals surface area contributed by atoms with Gasteiger partial charge in [0.1, 0.15) is 23.0 Å². The number of benzene rings is 2. The van der Waals surface area contributed by atoms with Crippen molar-refractivity contribution in [2.24, 2.45) is 0 Å². The third kappa shape index (κ3) is 5.26. The van der Waals surface area contributed by atoms with E-state index in [4.69, 9.17) is 9.15 Å². The number of aromatic nitrogens is 2. The minimum atomic E-state index is -3.59. The zero-order valence-electron chi connectivity index (χ0n) is 20.1. The van der Waals surface area contributed by atoms with Gasteiger partial charge >= 0.3 is 0 Å². The van der Waals surface area contributed by atoms with E-state index in [1.54, 1.807) is 22.7 Å². The van der Waals surface area contributed by atoms with Gasteiger partial charge in [0.15, 0.2) is 15.5 Å². The number of ether oxygens (including phenoxy) is 1. The largest absolute Gasteiger partial charge is 0.456 e.